The predicted octanol–water partition coefficient (Wildman–Crippen LogP) is 3.90. The van der Waals surface area contributed by atoms with Crippen LogP contribution >= 0.6 is 0 Å². The molecule has 2 amide bonds. The fourth-order valence-electron chi connectivity index (χ4n) is 3.20. The van der Waals surface area contributed by atoms with Crippen LogP contribution in [-0.2, 0) is 10.1 Å². The number of anilines is 1. The first-order valence-electron chi connectivity index (χ1n) is 9.69. The summed E-state index contributed by atoms with van der Waals surface area (Å²) in [4.78, 5) is 16.1. The Morgan fingerprint density at radius 2 is 1.72 bits per heavy atom. The highest BCUT2D eigenvalue weighted by Gasteiger charge is 2.29. The van der Waals surface area contributed by atoms with E-state index in [0.717, 1.165) is 25.8 Å². The molecule has 0 spiro atoms. The van der Waals surface area contributed by atoms with Gasteiger partial charge in [-0.2, -0.15) is 8.42 Å². The van der Waals surface area contributed by atoms with Gasteiger partial charge < -0.3 is 13.8 Å². The van der Waals surface area contributed by atoms with Gasteiger partial charge in [-0.15, -0.1) is 0 Å². The first-order valence-corrected chi connectivity index (χ1v) is 11.1. The second-order valence-electron chi connectivity index (χ2n) is 6.84. The van der Waals surface area contributed by atoms with E-state index < -0.39 is 10.1 Å². The lowest BCUT2D eigenvalue weighted by Crippen LogP contribution is -2.32. The first-order chi connectivity index (χ1) is 13.9. The van der Waals surface area contributed by atoms with Gasteiger partial charge >= 0.3 is 16.1 Å². The molecule has 0 saturated carbocycles. The van der Waals surface area contributed by atoms with E-state index in [1.165, 1.54) is 25.3 Å². The molecule has 0 bridgehead atoms. The lowest BCUT2D eigenvalue weighted by molar-refractivity contribution is 0.219. The molecule has 156 valence electrons. The zero-order valence-electron chi connectivity index (χ0n) is 16.7. The third-order valence-electron chi connectivity index (χ3n) is 4.81. The fraction of sp³-hybridized carbons (Fsp3) is 0.381. The lowest BCUT2D eigenvalue weighted by Gasteiger charge is -2.19. The van der Waals surface area contributed by atoms with Crippen molar-refractivity contribution in [2.75, 3.05) is 31.6 Å². The van der Waals surface area contributed by atoms with Gasteiger partial charge in [-0.1, -0.05) is 25.8 Å². The van der Waals surface area contributed by atoms with Gasteiger partial charge in [0.05, 0.1) is 7.11 Å². The van der Waals surface area contributed by atoms with Crippen LogP contribution < -0.4 is 13.8 Å². The molecule has 2 aromatic carbocycles. The van der Waals surface area contributed by atoms with Crippen molar-refractivity contribution in [2.45, 2.75) is 31.1 Å². The molecular formula is C21H26N2O5S. The summed E-state index contributed by atoms with van der Waals surface area (Å²) in [5, 5.41) is 0. The summed E-state index contributed by atoms with van der Waals surface area (Å²) in [7, 11) is -2.49. The number of benzene rings is 2. The molecule has 1 aliphatic heterocycles. The van der Waals surface area contributed by atoms with E-state index in [0.29, 0.717) is 24.5 Å². The highest BCUT2D eigenvalue weighted by molar-refractivity contribution is 7.87. The number of nitrogens with zero attached hydrogens (tertiary/aromatic N) is 2. The fourth-order valence-corrected chi connectivity index (χ4v) is 4.13. The molecule has 0 radical (unpaired) electrons. The predicted molar refractivity (Wildman–Crippen MR) is 111 cm³/mol. The smallest absolute Gasteiger partial charge is 0.339 e. The Balaban J connectivity index is 1.68. The molecule has 0 atom stereocenters. The van der Waals surface area contributed by atoms with Crippen LogP contribution in [0.2, 0.25) is 0 Å². The Bertz CT molecular complexity index is 944. The molecule has 1 heterocycles. The molecule has 7 nitrogen and oxygen atoms in total. The van der Waals surface area contributed by atoms with Crippen molar-refractivity contribution in [3.63, 3.8) is 0 Å². The SMILES string of the molecule is CCCCCN1CCN(c2ccc(S(=O)(=O)Oc3cccc(OC)c3)cc2)C1=O. The second kappa shape index (κ2) is 9.17. The maximum Gasteiger partial charge on any atom is 0.339 e. The molecule has 1 fully saturated rings. The van der Waals surface area contributed by atoms with E-state index >= 15 is 0 Å². The van der Waals surface area contributed by atoms with E-state index in [4.69, 9.17) is 8.92 Å². The molecule has 0 aromatic heterocycles. The number of carbonyl (C=O) groups excluding carboxylic acids is 1. The van der Waals surface area contributed by atoms with Crippen LogP contribution in [0.15, 0.2) is 53.4 Å². The third-order valence-corrected chi connectivity index (χ3v) is 6.07. The van der Waals surface area contributed by atoms with Crippen molar-refractivity contribution in [2.24, 2.45) is 0 Å². The molecule has 2 aromatic rings. The van der Waals surface area contributed by atoms with Gasteiger partial charge in [0, 0.05) is 31.4 Å². The number of hydrogen-bond donors (Lipinski definition) is 0. The molecule has 0 unspecified atom stereocenters. The summed E-state index contributed by atoms with van der Waals surface area (Å²) in [6, 6.07) is 12.5. The van der Waals surface area contributed by atoms with Crippen LogP contribution in [0.25, 0.3) is 0 Å². The molecule has 1 saturated heterocycles. The molecule has 1 aliphatic rings. The zero-order valence-corrected chi connectivity index (χ0v) is 17.5. The van der Waals surface area contributed by atoms with E-state index in [1.807, 2.05) is 4.90 Å². The number of hydrogen-bond acceptors (Lipinski definition) is 5. The molecule has 0 aliphatic carbocycles. The van der Waals surface area contributed by atoms with Crippen LogP contribution in [0.4, 0.5) is 10.5 Å². The Labute approximate surface area is 172 Å². The Morgan fingerprint density at radius 3 is 2.41 bits per heavy atom. The summed E-state index contributed by atoms with van der Waals surface area (Å²) >= 11 is 0. The zero-order chi connectivity index (χ0) is 20.9. The highest BCUT2D eigenvalue weighted by Crippen LogP contribution is 2.26. The number of rotatable bonds is 9. The van der Waals surface area contributed by atoms with E-state index in [9.17, 15) is 13.2 Å². The minimum atomic E-state index is -3.99. The maximum atomic E-state index is 12.6. The molecular weight excluding hydrogens is 392 g/mol. The van der Waals surface area contributed by atoms with Crippen molar-refractivity contribution >= 4 is 21.8 Å². The summed E-state index contributed by atoms with van der Waals surface area (Å²) < 4.78 is 35.4. The van der Waals surface area contributed by atoms with Crippen molar-refractivity contribution in [3.05, 3.63) is 48.5 Å². The number of urea groups is 1. The van der Waals surface area contributed by atoms with Gasteiger partial charge in [0.25, 0.3) is 0 Å². The van der Waals surface area contributed by atoms with Gasteiger partial charge in [-0.3, -0.25) is 4.90 Å². The van der Waals surface area contributed by atoms with E-state index in [-0.39, 0.29) is 16.7 Å². The summed E-state index contributed by atoms with van der Waals surface area (Å²) in [5.74, 6) is 0.676. The summed E-state index contributed by atoms with van der Waals surface area (Å²) in [6.45, 7) is 4.16. The number of unbranched alkanes of at least 4 members (excludes halogenated alkanes) is 2. The number of methoxy groups -OCH3 is 1. The molecule has 3 rings (SSSR count). The van der Waals surface area contributed by atoms with Gasteiger partial charge in [0.1, 0.15) is 16.4 Å². The second-order valence-corrected chi connectivity index (χ2v) is 8.39. The minimum absolute atomic E-state index is 0.0236. The van der Waals surface area contributed by atoms with Gasteiger partial charge in [0.2, 0.25) is 0 Å². The normalized spacial score (nSPS) is 14.3. The quantitative estimate of drug-likeness (QED) is 0.456. The standard InChI is InChI=1S/C21H26N2O5S/c1-3-4-5-13-22-14-15-23(21(22)24)17-9-11-20(12-10-17)29(25,26)28-19-8-6-7-18(16-19)27-2/h6-12,16H,3-5,13-15H2,1-2H3. The van der Waals surface area contributed by atoms with Crippen molar-refractivity contribution in [1.82, 2.24) is 4.90 Å². The average Bonchev–Trinajstić information content (AvgIpc) is 3.08. The maximum absolute atomic E-state index is 12.6. The lowest BCUT2D eigenvalue weighted by atomic mass is 10.2. The number of carbonyl (C=O) groups is 1. The number of amides is 2. The highest BCUT2D eigenvalue weighted by atomic mass is 32.2. The van der Waals surface area contributed by atoms with Crippen LogP contribution in [-0.4, -0.2) is 46.1 Å². The summed E-state index contributed by atoms with van der Waals surface area (Å²) in [6.07, 6.45) is 3.21. The van der Waals surface area contributed by atoms with Crippen molar-refractivity contribution < 1.29 is 22.1 Å². The molecule has 0 N–H and O–H groups in total. The minimum Gasteiger partial charge on any atom is -0.497 e. The average molecular weight is 419 g/mol. The van der Waals surface area contributed by atoms with Crippen LogP contribution in [0, 0.1) is 0 Å². The van der Waals surface area contributed by atoms with E-state index in [1.54, 1.807) is 35.2 Å². The first kappa shape index (κ1) is 21.0. The van der Waals surface area contributed by atoms with Crippen molar-refractivity contribution in [3.8, 4) is 11.5 Å². The monoisotopic (exact) mass is 418 g/mol. The molecule has 8 heteroatoms. The van der Waals surface area contributed by atoms with Crippen LogP contribution in [0.5, 0.6) is 11.5 Å². The Morgan fingerprint density at radius 1 is 1.00 bits per heavy atom. The van der Waals surface area contributed by atoms with Crippen molar-refractivity contribution in [1.29, 1.82) is 0 Å². The third kappa shape index (κ3) is 5.00. The van der Waals surface area contributed by atoms with Gasteiger partial charge in [0.15, 0.2) is 0 Å². The van der Waals surface area contributed by atoms with Crippen LogP contribution in [0.1, 0.15) is 26.2 Å². The van der Waals surface area contributed by atoms with Gasteiger partial charge in [-0.05, 0) is 42.8 Å². The molecule has 29 heavy (non-hydrogen) atoms. The summed E-state index contributed by atoms with van der Waals surface area (Å²) in [5.41, 5.74) is 0.674. The Hall–Kier alpha value is -2.74. The van der Waals surface area contributed by atoms with E-state index in [2.05, 4.69) is 6.92 Å². The van der Waals surface area contributed by atoms with Gasteiger partial charge in [-0.25, -0.2) is 4.79 Å². The topological polar surface area (TPSA) is 76.2 Å². The number of ether oxygens (including phenoxy) is 1. The van der Waals surface area contributed by atoms with Crippen LogP contribution in [0.3, 0.4) is 0 Å². The Kier molecular flexibility index (Phi) is 6.64. The largest absolute Gasteiger partial charge is 0.497 e.